The van der Waals surface area contributed by atoms with E-state index in [0.717, 1.165) is 6.42 Å². The number of nitrogens with zero attached hydrogens (tertiary/aromatic N) is 1. The van der Waals surface area contributed by atoms with Gasteiger partial charge in [0.1, 0.15) is 0 Å². The summed E-state index contributed by atoms with van der Waals surface area (Å²) in [5.41, 5.74) is 2.51. The first kappa shape index (κ1) is 7.99. The fourth-order valence-corrected chi connectivity index (χ4v) is 1.29. The molecule has 0 amide bonds. The van der Waals surface area contributed by atoms with Gasteiger partial charge in [0.2, 0.25) is 0 Å². The summed E-state index contributed by atoms with van der Waals surface area (Å²) >= 11 is 0. The average molecular weight is 168 g/mol. The summed E-state index contributed by atoms with van der Waals surface area (Å²) in [6.07, 6.45) is 4.49. The van der Waals surface area contributed by atoms with E-state index in [1.807, 2.05) is 18.3 Å². The molecule has 0 unspecified atom stereocenters. The Balaban J connectivity index is 2.16. The van der Waals surface area contributed by atoms with Gasteiger partial charge in [0, 0.05) is 18.5 Å². The maximum Gasteiger partial charge on any atom is 0.0347 e. The lowest BCUT2D eigenvalue weighted by molar-refractivity contribution is 1.14. The number of aromatic nitrogens is 1. The lowest BCUT2D eigenvalue weighted by Crippen LogP contribution is -1.87. The van der Waals surface area contributed by atoms with Crippen LogP contribution in [0.1, 0.15) is 11.1 Å². The number of hydrogen-bond acceptors (Lipinski definition) is 1. The molecule has 1 radical (unpaired) electrons. The largest absolute Gasteiger partial charge is 0.264 e. The van der Waals surface area contributed by atoms with Crippen LogP contribution in [0.25, 0.3) is 0 Å². The van der Waals surface area contributed by atoms with Gasteiger partial charge in [-0.15, -0.1) is 0 Å². The minimum Gasteiger partial charge on any atom is -0.264 e. The molecule has 2 aromatic rings. The molecule has 0 fully saturated rings. The first-order chi connectivity index (χ1) is 6.45. The molecule has 1 heterocycles. The van der Waals surface area contributed by atoms with E-state index < -0.39 is 0 Å². The second-order valence-electron chi connectivity index (χ2n) is 2.96. The van der Waals surface area contributed by atoms with Crippen molar-refractivity contribution in [2.75, 3.05) is 0 Å². The molecule has 0 N–H and O–H groups in total. The lowest BCUT2D eigenvalue weighted by Gasteiger charge is -1.99. The van der Waals surface area contributed by atoms with Crippen LogP contribution < -0.4 is 0 Å². The summed E-state index contributed by atoms with van der Waals surface area (Å²) in [7, 11) is 0. The molecule has 1 nitrogen and oxygen atoms in total. The Morgan fingerprint density at radius 2 is 1.92 bits per heavy atom. The molecule has 2 rings (SSSR count). The standard InChI is InChI=1S/C12H10N/c1-2-5-11(6-3-1)9-12-7-4-8-13-10-12/h1-3,5-8,10H,9H2. The van der Waals surface area contributed by atoms with Crippen molar-refractivity contribution >= 4 is 0 Å². The summed E-state index contributed by atoms with van der Waals surface area (Å²) < 4.78 is 0. The van der Waals surface area contributed by atoms with Gasteiger partial charge in [-0.05, 0) is 23.6 Å². The zero-order valence-corrected chi connectivity index (χ0v) is 7.27. The van der Waals surface area contributed by atoms with Crippen LogP contribution in [-0.4, -0.2) is 4.98 Å². The Labute approximate surface area is 78.1 Å². The smallest absolute Gasteiger partial charge is 0.0347 e. The molecule has 1 heteroatoms. The predicted molar refractivity (Wildman–Crippen MR) is 52.3 cm³/mol. The Hall–Kier alpha value is -1.63. The molecule has 13 heavy (non-hydrogen) atoms. The van der Waals surface area contributed by atoms with Crippen LogP contribution in [0.4, 0.5) is 0 Å². The maximum absolute atomic E-state index is 4.03. The highest BCUT2D eigenvalue weighted by Gasteiger charge is 1.93. The van der Waals surface area contributed by atoms with E-state index in [2.05, 4.69) is 35.3 Å². The van der Waals surface area contributed by atoms with Crippen molar-refractivity contribution in [2.24, 2.45) is 0 Å². The van der Waals surface area contributed by atoms with E-state index in [4.69, 9.17) is 0 Å². The molecule has 0 aliphatic carbocycles. The van der Waals surface area contributed by atoms with E-state index in [-0.39, 0.29) is 0 Å². The number of benzene rings is 1. The molecule has 0 atom stereocenters. The van der Waals surface area contributed by atoms with Crippen LogP contribution in [0.15, 0.2) is 48.8 Å². The summed E-state index contributed by atoms with van der Waals surface area (Å²) in [4.78, 5) is 4.03. The van der Waals surface area contributed by atoms with Crippen LogP contribution in [0.5, 0.6) is 0 Å². The molecular formula is C12H10N. The van der Waals surface area contributed by atoms with Gasteiger partial charge >= 0.3 is 0 Å². The Morgan fingerprint density at radius 3 is 2.62 bits per heavy atom. The molecule has 1 aromatic carbocycles. The van der Waals surface area contributed by atoms with Gasteiger partial charge in [-0.25, -0.2) is 0 Å². The van der Waals surface area contributed by atoms with Gasteiger partial charge in [0.25, 0.3) is 0 Å². The number of rotatable bonds is 2. The van der Waals surface area contributed by atoms with Gasteiger partial charge in [0.15, 0.2) is 0 Å². The maximum atomic E-state index is 4.03. The fourth-order valence-electron chi connectivity index (χ4n) is 1.29. The average Bonchev–Trinajstić information content (AvgIpc) is 2.21. The SMILES string of the molecule is [c]1cncc(Cc2ccccc2)c1. The fraction of sp³-hybridized carbons (Fsp3) is 0.0833. The minimum atomic E-state index is 0.936. The second-order valence-corrected chi connectivity index (χ2v) is 2.96. The van der Waals surface area contributed by atoms with Crippen molar-refractivity contribution in [1.29, 1.82) is 0 Å². The summed E-state index contributed by atoms with van der Waals surface area (Å²) in [6.45, 7) is 0. The van der Waals surface area contributed by atoms with E-state index in [9.17, 15) is 0 Å². The van der Waals surface area contributed by atoms with E-state index in [1.165, 1.54) is 11.1 Å². The van der Waals surface area contributed by atoms with Gasteiger partial charge in [-0.1, -0.05) is 30.3 Å². The van der Waals surface area contributed by atoms with Crippen molar-refractivity contribution in [3.63, 3.8) is 0 Å². The zero-order valence-electron chi connectivity index (χ0n) is 7.27. The lowest BCUT2D eigenvalue weighted by atomic mass is 10.1. The third-order valence-electron chi connectivity index (χ3n) is 1.91. The van der Waals surface area contributed by atoms with Gasteiger partial charge in [-0.3, -0.25) is 4.98 Å². The van der Waals surface area contributed by atoms with Crippen LogP contribution >= 0.6 is 0 Å². The highest BCUT2D eigenvalue weighted by Crippen LogP contribution is 2.06. The minimum absolute atomic E-state index is 0.936. The molecular weight excluding hydrogens is 158 g/mol. The first-order valence-electron chi connectivity index (χ1n) is 4.29. The van der Waals surface area contributed by atoms with Crippen LogP contribution in [0.2, 0.25) is 0 Å². The molecule has 0 spiro atoms. The Morgan fingerprint density at radius 1 is 1.08 bits per heavy atom. The van der Waals surface area contributed by atoms with Crippen molar-refractivity contribution in [2.45, 2.75) is 6.42 Å². The third kappa shape index (κ3) is 2.15. The van der Waals surface area contributed by atoms with Crippen LogP contribution in [0.3, 0.4) is 0 Å². The van der Waals surface area contributed by atoms with E-state index in [0.29, 0.717) is 0 Å². The van der Waals surface area contributed by atoms with Gasteiger partial charge < -0.3 is 0 Å². The number of pyridine rings is 1. The Kier molecular flexibility index (Phi) is 2.37. The third-order valence-corrected chi connectivity index (χ3v) is 1.91. The topological polar surface area (TPSA) is 12.9 Å². The first-order valence-corrected chi connectivity index (χ1v) is 4.29. The van der Waals surface area contributed by atoms with Gasteiger partial charge in [0.05, 0.1) is 0 Å². The molecule has 1 aromatic heterocycles. The van der Waals surface area contributed by atoms with Crippen LogP contribution in [0, 0.1) is 6.07 Å². The van der Waals surface area contributed by atoms with E-state index in [1.54, 1.807) is 6.20 Å². The quantitative estimate of drug-likeness (QED) is 0.671. The molecule has 0 aliphatic heterocycles. The van der Waals surface area contributed by atoms with Crippen molar-refractivity contribution < 1.29 is 0 Å². The van der Waals surface area contributed by atoms with Crippen molar-refractivity contribution in [3.05, 3.63) is 66.0 Å². The predicted octanol–water partition coefficient (Wildman–Crippen LogP) is 2.47. The van der Waals surface area contributed by atoms with Gasteiger partial charge in [-0.2, -0.15) is 0 Å². The number of hydrogen-bond donors (Lipinski definition) is 0. The van der Waals surface area contributed by atoms with Crippen molar-refractivity contribution in [1.82, 2.24) is 4.98 Å². The highest BCUT2D eigenvalue weighted by atomic mass is 14.6. The van der Waals surface area contributed by atoms with Crippen LogP contribution in [-0.2, 0) is 6.42 Å². The highest BCUT2D eigenvalue weighted by molar-refractivity contribution is 5.23. The monoisotopic (exact) mass is 168 g/mol. The second kappa shape index (κ2) is 3.85. The molecule has 63 valence electrons. The molecule has 0 saturated heterocycles. The molecule has 0 aliphatic rings. The molecule has 0 bridgehead atoms. The van der Waals surface area contributed by atoms with E-state index >= 15 is 0 Å². The normalized spacial score (nSPS) is 9.85. The van der Waals surface area contributed by atoms with Crippen molar-refractivity contribution in [3.8, 4) is 0 Å². The summed E-state index contributed by atoms with van der Waals surface area (Å²) in [5.74, 6) is 0. The Bertz CT molecular complexity index is 316. The summed E-state index contributed by atoms with van der Waals surface area (Å²) in [5, 5.41) is 0. The summed E-state index contributed by atoms with van der Waals surface area (Å²) in [6, 6.07) is 15.3. The molecule has 0 saturated carbocycles. The zero-order chi connectivity index (χ0) is 8.93.